The third kappa shape index (κ3) is 3.34. The zero-order valence-corrected chi connectivity index (χ0v) is 12.2. The third-order valence-electron chi connectivity index (χ3n) is 2.39. The molecule has 0 aliphatic heterocycles. The van der Waals surface area contributed by atoms with Crippen molar-refractivity contribution in [2.45, 2.75) is 0 Å². The van der Waals surface area contributed by atoms with E-state index >= 15 is 0 Å². The van der Waals surface area contributed by atoms with Gasteiger partial charge in [0.1, 0.15) is 11.5 Å². The molecular weight excluding hydrogens is 361 g/mol. The average Bonchev–Trinajstić information content (AvgIpc) is 2.39. The number of hydrogen-bond donors (Lipinski definition) is 0. The first-order valence-corrected chi connectivity index (χ1v) is 6.44. The largest absolute Gasteiger partial charge is 0.496 e. The smallest absolute Gasteiger partial charge is 0.315 e. The summed E-state index contributed by atoms with van der Waals surface area (Å²) in [4.78, 5) is 10.5. The molecule has 0 fully saturated rings. The van der Waals surface area contributed by atoms with Gasteiger partial charge in [-0.3, -0.25) is 10.1 Å². The quantitative estimate of drug-likeness (QED) is 0.463. The molecule has 0 N–H and O–H groups in total. The van der Waals surface area contributed by atoms with Crippen LogP contribution in [0.2, 0.25) is 0 Å². The minimum atomic E-state index is -0.494. The van der Waals surface area contributed by atoms with Crippen LogP contribution in [-0.4, -0.2) is 12.0 Å². The second kappa shape index (κ2) is 5.87. The third-order valence-corrected chi connectivity index (χ3v) is 3.06. The maximum absolute atomic E-state index is 11.0. The SMILES string of the molecule is COc1ccc(Oc2cccc(I)c2)c([N+](=O)[O-])c1. The maximum Gasteiger partial charge on any atom is 0.315 e. The number of hydrogen-bond acceptors (Lipinski definition) is 4. The number of nitro benzene ring substituents is 1. The van der Waals surface area contributed by atoms with Gasteiger partial charge in [-0.1, -0.05) is 6.07 Å². The summed E-state index contributed by atoms with van der Waals surface area (Å²) in [6.45, 7) is 0. The van der Waals surface area contributed by atoms with Gasteiger partial charge in [-0.25, -0.2) is 0 Å². The molecule has 0 heterocycles. The molecule has 0 spiro atoms. The number of nitrogens with zero attached hydrogens (tertiary/aromatic N) is 1. The summed E-state index contributed by atoms with van der Waals surface area (Å²) in [6, 6.07) is 11.8. The van der Waals surface area contributed by atoms with Crippen LogP contribution < -0.4 is 9.47 Å². The molecule has 6 heteroatoms. The van der Waals surface area contributed by atoms with Crippen molar-refractivity contribution in [1.82, 2.24) is 0 Å². The first kappa shape index (κ1) is 13.6. The Morgan fingerprint density at radius 3 is 2.58 bits per heavy atom. The van der Waals surface area contributed by atoms with Gasteiger partial charge < -0.3 is 9.47 Å². The molecule has 0 unspecified atom stereocenters. The van der Waals surface area contributed by atoms with Crippen LogP contribution in [0.25, 0.3) is 0 Å². The van der Waals surface area contributed by atoms with Crippen LogP contribution in [0.3, 0.4) is 0 Å². The van der Waals surface area contributed by atoms with E-state index in [1.165, 1.54) is 19.2 Å². The van der Waals surface area contributed by atoms with Crippen molar-refractivity contribution < 1.29 is 14.4 Å². The van der Waals surface area contributed by atoms with E-state index in [9.17, 15) is 10.1 Å². The minimum Gasteiger partial charge on any atom is -0.496 e. The summed E-state index contributed by atoms with van der Waals surface area (Å²) in [5.41, 5.74) is -0.127. The van der Waals surface area contributed by atoms with Crippen molar-refractivity contribution in [2.75, 3.05) is 7.11 Å². The first-order chi connectivity index (χ1) is 9.10. The van der Waals surface area contributed by atoms with E-state index in [-0.39, 0.29) is 11.4 Å². The summed E-state index contributed by atoms with van der Waals surface area (Å²) in [7, 11) is 1.46. The number of benzene rings is 2. The van der Waals surface area contributed by atoms with Gasteiger partial charge in [-0.05, 0) is 52.9 Å². The van der Waals surface area contributed by atoms with Gasteiger partial charge >= 0.3 is 5.69 Å². The lowest BCUT2D eigenvalue weighted by molar-refractivity contribution is -0.385. The van der Waals surface area contributed by atoms with Crippen molar-refractivity contribution in [3.8, 4) is 17.2 Å². The van der Waals surface area contributed by atoms with E-state index in [0.717, 1.165) is 3.57 Å². The van der Waals surface area contributed by atoms with Gasteiger partial charge in [0.25, 0.3) is 0 Å². The Labute approximate surface area is 123 Å². The second-order valence-electron chi connectivity index (χ2n) is 3.65. The van der Waals surface area contributed by atoms with Gasteiger partial charge in [0.05, 0.1) is 18.1 Å². The maximum atomic E-state index is 11.0. The van der Waals surface area contributed by atoms with Crippen LogP contribution in [0.15, 0.2) is 42.5 Å². The Hall–Kier alpha value is -1.83. The van der Waals surface area contributed by atoms with Crippen LogP contribution >= 0.6 is 22.6 Å². The highest BCUT2D eigenvalue weighted by atomic mass is 127. The summed E-state index contributed by atoms with van der Waals surface area (Å²) in [5.74, 6) is 1.16. The van der Waals surface area contributed by atoms with Crippen molar-refractivity contribution in [2.24, 2.45) is 0 Å². The number of nitro groups is 1. The monoisotopic (exact) mass is 371 g/mol. The fraction of sp³-hybridized carbons (Fsp3) is 0.0769. The number of ether oxygens (including phenoxy) is 2. The van der Waals surface area contributed by atoms with E-state index < -0.39 is 4.92 Å². The van der Waals surface area contributed by atoms with Crippen LogP contribution in [0, 0.1) is 13.7 Å². The molecule has 2 aromatic carbocycles. The Morgan fingerprint density at radius 1 is 1.16 bits per heavy atom. The molecule has 0 radical (unpaired) electrons. The minimum absolute atomic E-state index is 0.127. The Bertz CT molecular complexity index is 615. The number of halogens is 1. The molecule has 2 aromatic rings. The number of methoxy groups -OCH3 is 1. The highest BCUT2D eigenvalue weighted by Crippen LogP contribution is 2.34. The fourth-order valence-electron chi connectivity index (χ4n) is 1.51. The topological polar surface area (TPSA) is 61.6 Å². The van der Waals surface area contributed by atoms with Gasteiger partial charge in [0.2, 0.25) is 5.75 Å². The molecule has 0 aliphatic carbocycles. The Morgan fingerprint density at radius 2 is 1.95 bits per heavy atom. The highest BCUT2D eigenvalue weighted by Gasteiger charge is 2.17. The normalized spacial score (nSPS) is 10.0. The summed E-state index contributed by atoms with van der Waals surface area (Å²) in [5, 5.41) is 11.0. The lowest BCUT2D eigenvalue weighted by Crippen LogP contribution is -1.94. The van der Waals surface area contributed by atoms with Gasteiger partial charge in [-0.2, -0.15) is 0 Å². The van der Waals surface area contributed by atoms with Crippen LogP contribution in [0.4, 0.5) is 5.69 Å². The van der Waals surface area contributed by atoms with E-state index in [0.29, 0.717) is 11.5 Å². The molecule has 19 heavy (non-hydrogen) atoms. The predicted octanol–water partition coefficient (Wildman–Crippen LogP) is 4.00. The molecule has 0 bridgehead atoms. The van der Waals surface area contributed by atoms with Crippen molar-refractivity contribution in [3.63, 3.8) is 0 Å². The van der Waals surface area contributed by atoms with Gasteiger partial charge in [0, 0.05) is 3.57 Å². The lowest BCUT2D eigenvalue weighted by atomic mass is 10.2. The van der Waals surface area contributed by atoms with Crippen molar-refractivity contribution in [3.05, 3.63) is 56.1 Å². The summed E-state index contributed by atoms with van der Waals surface area (Å²) >= 11 is 2.15. The van der Waals surface area contributed by atoms with Gasteiger partial charge in [0.15, 0.2) is 0 Å². The Balaban J connectivity index is 2.36. The molecule has 0 aromatic heterocycles. The molecule has 0 saturated heterocycles. The molecule has 0 atom stereocenters. The summed E-state index contributed by atoms with van der Waals surface area (Å²) < 4.78 is 11.5. The van der Waals surface area contributed by atoms with Crippen molar-refractivity contribution in [1.29, 1.82) is 0 Å². The van der Waals surface area contributed by atoms with E-state index in [1.54, 1.807) is 18.2 Å². The molecule has 2 rings (SSSR count). The molecule has 0 saturated carbocycles. The summed E-state index contributed by atoms with van der Waals surface area (Å²) in [6.07, 6.45) is 0. The zero-order chi connectivity index (χ0) is 13.8. The number of rotatable bonds is 4. The van der Waals surface area contributed by atoms with Crippen LogP contribution in [0.5, 0.6) is 17.2 Å². The lowest BCUT2D eigenvalue weighted by Gasteiger charge is -2.07. The van der Waals surface area contributed by atoms with Crippen LogP contribution in [-0.2, 0) is 0 Å². The van der Waals surface area contributed by atoms with E-state index in [1.807, 2.05) is 12.1 Å². The molecule has 0 aliphatic rings. The standard InChI is InChI=1S/C13H10INO4/c1-18-10-5-6-13(12(8-10)15(16)17)19-11-4-2-3-9(14)7-11/h2-8H,1H3. The van der Waals surface area contributed by atoms with Crippen molar-refractivity contribution >= 4 is 28.3 Å². The van der Waals surface area contributed by atoms with E-state index in [4.69, 9.17) is 9.47 Å². The second-order valence-corrected chi connectivity index (χ2v) is 4.90. The fourth-order valence-corrected chi connectivity index (χ4v) is 2.03. The average molecular weight is 371 g/mol. The van der Waals surface area contributed by atoms with Crippen LogP contribution in [0.1, 0.15) is 0 Å². The molecular formula is C13H10INO4. The molecule has 0 amide bonds. The molecule has 5 nitrogen and oxygen atoms in total. The highest BCUT2D eigenvalue weighted by molar-refractivity contribution is 14.1. The van der Waals surface area contributed by atoms with E-state index in [2.05, 4.69) is 22.6 Å². The first-order valence-electron chi connectivity index (χ1n) is 5.36. The van der Waals surface area contributed by atoms with Gasteiger partial charge in [-0.15, -0.1) is 0 Å². The molecule has 98 valence electrons. The Kier molecular flexibility index (Phi) is 4.20. The zero-order valence-electron chi connectivity index (χ0n) is 10.00. The predicted molar refractivity (Wildman–Crippen MR) is 78.9 cm³/mol.